The van der Waals surface area contributed by atoms with Crippen LogP contribution in [0.1, 0.15) is 20.8 Å². The van der Waals surface area contributed by atoms with Crippen LogP contribution in [0.5, 0.6) is 0 Å². The van der Waals surface area contributed by atoms with Crippen molar-refractivity contribution in [3.8, 4) is 0 Å². The molecule has 1 saturated heterocycles. The van der Waals surface area contributed by atoms with E-state index in [9.17, 15) is 4.79 Å². The molecule has 0 atom stereocenters. The Morgan fingerprint density at radius 2 is 2.06 bits per heavy atom. The molecule has 1 N–H and O–H groups in total. The lowest BCUT2D eigenvalue weighted by Crippen LogP contribution is -2.60. The molecule has 0 aromatic heterocycles. The molecule has 1 heterocycles. The number of hydrogen-bond donors (Lipinski definition) is 1. The van der Waals surface area contributed by atoms with Gasteiger partial charge < -0.3 is 19.7 Å². The van der Waals surface area contributed by atoms with E-state index in [1.54, 1.807) is 12.0 Å². The Bertz CT molecular complexity index is 234. The molecule has 1 aliphatic heterocycles. The first-order chi connectivity index (χ1) is 7.44. The number of nitrogens with zero attached hydrogens (tertiary/aromatic N) is 1. The van der Waals surface area contributed by atoms with Crippen molar-refractivity contribution in [1.29, 1.82) is 0 Å². The van der Waals surface area contributed by atoms with E-state index < -0.39 is 5.60 Å². The summed E-state index contributed by atoms with van der Waals surface area (Å²) in [5.74, 6) is 0. The summed E-state index contributed by atoms with van der Waals surface area (Å²) >= 11 is 0. The largest absolute Gasteiger partial charge is 0.444 e. The van der Waals surface area contributed by atoms with Gasteiger partial charge in [0.05, 0.1) is 12.6 Å². The number of amides is 1. The summed E-state index contributed by atoms with van der Waals surface area (Å²) in [6.45, 7) is 8.41. The van der Waals surface area contributed by atoms with E-state index >= 15 is 0 Å². The number of carbonyl (C=O) groups excluding carboxylic acids is 1. The van der Waals surface area contributed by atoms with Gasteiger partial charge in [0.2, 0.25) is 0 Å². The molecule has 0 spiro atoms. The Morgan fingerprint density at radius 1 is 1.44 bits per heavy atom. The highest BCUT2D eigenvalue weighted by Gasteiger charge is 2.31. The maximum absolute atomic E-state index is 11.9. The van der Waals surface area contributed by atoms with E-state index in [2.05, 4.69) is 5.32 Å². The molecule has 0 aliphatic carbocycles. The highest BCUT2D eigenvalue weighted by Crippen LogP contribution is 2.13. The van der Waals surface area contributed by atoms with Crippen molar-refractivity contribution in [3.05, 3.63) is 0 Å². The van der Waals surface area contributed by atoms with Gasteiger partial charge in [0.15, 0.2) is 0 Å². The molecule has 5 heteroatoms. The summed E-state index contributed by atoms with van der Waals surface area (Å²) in [6, 6.07) is 0.241. The van der Waals surface area contributed by atoms with Crippen molar-refractivity contribution in [3.63, 3.8) is 0 Å². The van der Waals surface area contributed by atoms with Gasteiger partial charge in [-0.15, -0.1) is 0 Å². The molecule has 16 heavy (non-hydrogen) atoms. The summed E-state index contributed by atoms with van der Waals surface area (Å²) in [4.78, 5) is 13.7. The summed E-state index contributed by atoms with van der Waals surface area (Å²) in [5, 5.41) is 3.15. The molecule has 94 valence electrons. The van der Waals surface area contributed by atoms with Crippen molar-refractivity contribution >= 4 is 6.09 Å². The minimum Gasteiger partial charge on any atom is -0.444 e. The van der Waals surface area contributed by atoms with Gasteiger partial charge in [0, 0.05) is 26.7 Å². The Balaban J connectivity index is 2.50. The van der Waals surface area contributed by atoms with Crippen molar-refractivity contribution in [2.24, 2.45) is 0 Å². The van der Waals surface area contributed by atoms with Crippen LogP contribution >= 0.6 is 0 Å². The van der Waals surface area contributed by atoms with E-state index in [1.807, 2.05) is 20.8 Å². The number of carbonyl (C=O) groups is 1. The van der Waals surface area contributed by atoms with Gasteiger partial charge in [-0.05, 0) is 20.8 Å². The quantitative estimate of drug-likeness (QED) is 0.777. The highest BCUT2D eigenvalue weighted by atomic mass is 16.6. The SMILES string of the molecule is COCCN(C(=O)OC(C)(C)C)C1CNC1. The fourth-order valence-electron chi connectivity index (χ4n) is 1.43. The van der Waals surface area contributed by atoms with Gasteiger partial charge in [-0.25, -0.2) is 4.79 Å². The summed E-state index contributed by atoms with van der Waals surface area (Å²) in [7, 11) is 1.63. The fraction of sp³-hybridized carbons (Fsp3) is 0.909. The zero-order chi connectivity index (χ0) is 12.2. The van der Waals surface area contributed by atoms with Crippen molar-refractivity contribution in [1.82, 2.24) is 10.2 Å². The highest BCUT2D eigenvalue weighted by molar-refractivity contribution is 5.68. The molecule has 5 nitrogen and oxygen atoms in total. The van der Waals surface area contributed by atoms with E-state index in [1.165, 1.54) is 0 Å². The fourth-order valence-corrected chi connectivity index (χ4v) is 1.43. The minimum absolute atomic E-state index is 0.241. The van der Waals surface area contributed by atoms with Gasteiger partial charge in [-0.3, -0.25) is 0 Å². The molecule has 1 rings (SSSR count). The Kier molecular flexibility index (Phi) is 4.56. The second-order valence-corrected chi connectivity index (χ2v) is 4.98. The molecule has 0 aromatic carbocycles. The molecule has 0 radical (unpaired) electrons. The van der Waals surface area contributed by atoms with Crippen LogP contribution in [0.25, 0.3) is 0 Å². The van der Waals surface area contributed by atoms with Crippen LogP contribution < -0.4 is 5.32 Å². The molecule has 0 bridgehead atoms. The first-order valence-electron chi connectivity index (χ1n) is 5.63. The lowest BCUT2D eigenvalue weighted by molar-refractivity contribution is 0.00437. The van der Waals surface area contributed by atoms with Crippen LogP contribution in [0.3, 0.4) is 0 Å². The van der Waals surface area contributed by atoms with Crippen molar-refractivity contribution < 1.29 is 14.3 Å². The van der Waals surface area contributed by atoms with Crippen LogP contribution in [0, 0.1) is 0 Å². The van der Waals surface area contributed by atoms with Crippen LogP contribution in [0.4, 0.5) is 4.79 Å². The average Bonchev–Trinajstić information content (AvgIpc) is 2.05. The van der Waals surface area contributed by atoms with E-state index in [-0.39, 0.29) is 12.1 Å². The number of methoxy groups -OCH3 is 1. The first kappa shape index (κ1) is 13.3. The molecule has 1 amide bonds. The van der Waals surface area contributed by atoms with Gasteiger partial charge >= 0.3 is 6.09 Å². The number of nitrogens with one attached hydrogen (secondary N) is 1. The standard InChI is InChI=1S/C11H22N2O3/c1-11(2,3)16-10(14)13(5-6-15-4)9-7-12-8-9/h9,12H,5-8H2,1-4H3. The molecule has 0 unspecified atom stereocenters. The molecular weight excluding hydrogens is 208 g/mol. The monoisotopic (exact) mass is 230 g/mol. The molecule has 1 aliphatic rings. The maximum atomic E-state index is 11.9. The second kappa shape index (κ2) is 5.50. The Labute approximate surface area is 97.1 Å². The topological polar surface area (TPSA) is 50.8 Å². The van der Waals surface area contributed by atoms with Gasteiger partial charge in [-0.2, -0.15) is 0 Å². The third-order valence-electron chi connectivity index (χ3n) is 2.37. The zero-order valence-corrected chi connectivity index (χ0v) is 10.6. The van der Waals surface area contributed by atoms with E-state index in [0.717, 1.165) is 13.1 Å². The molecular formula is C11H22N2O3. The van der Waals surface area contributed by atoms with Crippen LogP contribution in [-0.4, -0.2) is 56.0 Å². The lowest BCUT2D eigenvalue weighted by Gasteiger charge is -2.38. The lowest BCUT2D eigenvalue weighted by atomic mass is 10.1. The third-order valence-corrected chi connectivity index (χ3v) is 2.37. The van der Waals surface area contributed by atoms with Crippen LogP contribution in [0.15, 0.2) is 0 Å². The van der Waals surface area contributed by atoms with E-state index in [4.69, 9.17) is 9.47 Å². The van der Waals surface area contributed by atoms with Crippen LogP contribution in [-0.2, 0) is 9.47 Å². The molecule has 0 aromatic rings. The van der Waals surface area contributed by atoms with Gasteiger partial charge in [0.25, 0.3) is 0 Å². The maximum Gasteiger partial charge on any atom is 0.410 e. The molecule has 1 fully saturated rings. The summed E-state index contributed by atoms with van der Waals surface area (Å²) in [6.07, 6.45) is -0.254. The number of hydrogen-bond acceptors (Lipinski definition) is 4. The second-order valence-electron chi connectivity index (χ2n) is 4.98. The van der Waals surface area contributed by atoms with Gasteiger partial charge in [-0.1, -0.05) is 0 Å². The number of ether oxygens (including phenoxy) is 2. The normalized spacial score (nSPS) is 16.8. The Hall–Kier alpha value is -0.810. The smallest absolute Gasteiger partial charge is 0.410 e. The first-order valence-corrected chi connectivity index (χ1v) is 5.63. The zero-order valence-electron chi connectivity index (χ0n) is 10.6. The summed E-state index contributed by atoms with van der Waals surface area (Å²) < 4.78 is 10.4. The minimum atomic E-state index is -0.445. The van der Waals surface area contributed by atoms with Crippen molar-refractivity contribution in [2.45, 2.75) is 32.4 Å². The predicted molar refractivity (Wildman–Crippen MR) is 61.5 cm³/mol. The summed E-state index contributed by atoms with van der Waals surface area (Å²) in [5.41, 5.74) is -0.445. The van der Waals surface area contributed by atoms with E-state index in [0.29, 0.717) is 13.2 Å². The third kappa shape index (κ3) is 3.98. The average molecular weight is 230 g/mol. The number of rotatable bonds is 4. The van der Waals surface area contributed by atoms with Crippen LogP contribution in [0.2, 0.25) is 0 Å². The molecule has 0 saturated carbocycles. The van der Waals surface area contributed by atoms with Crippen molar-refractivity contribution in [2.75, 3.05) is 33.4 Å². The Morgan fingerprint density at radius 3 is 2.44 bits per heavy atom. The van der Waals surface area contributed by atoms with Gasteiger partial charge in [0.1, 0.15) is 5.60 Å². The predicted octanol–water partition coefficient (Wildman–Crippen LogP) is 0.842.